The molecule has 24 heavy (non-hydrogen) atoms. The molecule has 2 rings (SSSR count). The number of rotatable bonds is 8. The molecule has 1 aromatic carbocycles. The van der Waals surface area contributed by atoms with Crippen LogP contribution in [0.3, 0.4) is 0 Å². The van der Waals surface area contributed by atoms with E-state index in [4.69, 9.17) is 4.74 Å². The molecule has 0 unspecified atom stereocenters. The average molecular weight is 333 g/mol. The molecule has 1 aliphatic rings. The topological polar surface area (TPSA) is 61.9 Å². The first-order valence-electron chi connectivity index (χ1n) is 8.54. The van der Waals surface area contributed by atoms with Crippen LogP contribution in [0.1, 0.15) is 20.3 Å². The summed E-state index contributed by atoms with van der Waals surface area (Å²) in [6.07, 6.45) is 0.245. The average Bonchev–Trinajstić information content (AvgIpc) is 3.00. The molecule has 0 saturated carbocycles. The Hall–Kier alpha value is -2.08. The number of likely N-dealkylation sites (N-methyl/N-ethyl adjacent to an activating group) is 1. The van der Waals surface area contributed by atoms with Crippen molar-refractivity contribution in [2.75, 3.05) is 44.7 Å². The van der Waals surface area contributed by atoms with Crippen molar-refractivity contribution in [3.8, 4) is 5.75 Å². The number of nitrogens with one attached hydrogen (secondary N) is 1. The van der Waals surface area contributed by atoms with Gasteiger partial charge in [0.2, 0.25) is 11.8 Å². The zero-order valence-electron chi connectivity index (χ0n) is 14.7. The summed E-state index contributed by atoms with van der Waals surface area (Å²) in [5.74, 6) is 0.254. The second kappa shape index (κ2) is 8.68. The molecule has 6 nitrogen and oxygen atoms in total. The van der Waals surface area contributed by atoms with Gasteiger partial charge in [0.25, 0.3) is 0 Å². The van der Waals surface area contributed by atoms with Crippen molar-refractivity contribution in [2.24, 2.45) is 5.92 Å². The third kappa shape index (κ3) is 4.26. The lowest BCUT2D eigenvalue weighted by atomic mass is 10.1. The quantitative estimate of drug-likeness (QED) is 0.783. The highest BCUT2D eigenvalue weighted by molar-refractivity contribution is 6.01. The first-order valence-corrected chi connectivity index (χ1v) is 8.54. The maximum Gasteiger partial charge on any atom is 0.227 e. The third-order valence-corrected chi connectivity index (χ3v) is 4.49. The fraction of sp³-hybridized carbons (Fsp3) is 0.556. The number of anilines is 1. The molecule has 1 aromatic rings. The van der Waals surface area contributed by atoms with Gasteiger partial charge in [0, 0.05) is 26.1 Å². The second-order valence-electron chi connectivity index (χ2n) is 5.90. The number of nitrogens with zero attached hydrogens (tertiary/aromatic N) is 2. The molecule has 1 saturated heterocycles. The Labute approximate surface area is 143 Å². The van der Waals surface area contributed by atoms with Crippen LogP contribution in [-0.4, -0.2) is 56.5 Å². The van der Waals surface area contributed by atoms with Crippen LogP contribution >= 0.6 is 0 Å². The lowest BCUT2D eigenvalue weighted by Gasteiger charge is -2.20. The van der Waals surface area contributed by atoms with Crippen LogP contribution in [0.5, 0.6) is 5.75 Å². The van der Waals surface area contributed by atoms with Crippen molar-refractivity contribution in [2.45, 2.75) is 20.3 Å². The van der Waals surface area contributed by atoms with Gasteiger partial charge >= 0.3 is 0 Å². The van der Waals surface area contributed by atoms with Crippen LogP contribution in [0.15, 0.2) is 24.3 Å². The summed E-state index contributed by atoms with van der Waals surface area (Å²) in [4.78, 5) is 28.6. The van der Waals surface area contributed by atoms with E-state index in [0.717, 1.165) is 25.3 Å². The fourth-order valence-electron chi connectivity index (χ4n) is 2.99. The van der Waals surface area contributed by atoms with Gasteiger partial charge in [0.15, 0.2) is 0 Å². The zero-order chi connectivity index (χ0) is 17.5. The van der Waals surface area contributed by atoms with Gasteiger partial charge in [-0.25, -0.2) is 0 Å². The van der Waals surface area contributed by atoms with Crippen molar-refractivity contribution in [3.05, 3.63) is 24.3 Å². The van der Waals surface area contributed by atoms with Gasteiger partial charge in [-0.3, -0.25) is 9.59 Å². The molecule has 0 bridgehead atoms. The van der Waals surface area contributed by atoms with Crippen molar-refractivity contribution in [1.29, 1.82) is 0 Å². The molecule has 2 amide bonds. The van der Waals surface area contributed by atoms with Crippen LogP contribution in [0.2, 0.25) is 0 Å². The summed E-state index contributed by atoms with van der Waals surface area (Å²) in [5.41, 5.74) is 0.725. The van der Waals surface area contributed by atoms with Crippen molar-refractivity contribution >= 4 is 17.5 Å². The molecule has 1 fully saturated rings. The van der Waals surface area contributed by atoms with Crippen molar-refractivity contribution < 1.29 is 14.3 Å². The van der Waals surface area contributed by atoms with E-state index in [1.54, 1.807) is 12.0 Å². The highest BCUT2D eigenvalue weighted by Gasteiger charge is 2.36. The Balaban J connectivity index is 1.93. The van der Waals surface area contributed by atoms with Crippen LogP contribution in [0.25, 0.3) is 0 Å². The smallest absolute Gasteiger partial charge is 0.227 e. The zero-order valence-corrected chi connectivity index (χ0v) is 14.7. The highest BCUT2D eigenvalue weighted by Crippen LogP contribution is 2.32. The Bertz CT molecular complexity index is 572. The van der Waals surface area contributed by atoms with E-state index < -0.39 is 0 Å². The molecule has 1 N–H and O–H groups in total. The van der Waals surface area contributed by atoms with E-state index in [2.05, 4.69) is 24.1 Å². The van der Waals surface area contributed by atoms with Gasteiger partial charge in [-0.15, -0.1) is 0 Å². The minimum absolute atomic E-state index is 0.0385. The van der Waals surface area contributed by atoms with Crippen LogP contribution < -0.4 is 15.0 Å². The predicted octanol–water partition coefficient (Wildman–Crippen LogP) is 1.51. The molecule has 6 heteroatoms. The largest absolute Gasteiger partial charge is 0.495 e. The molecule has 1 heterocycles. The van der Waals surface area contributed by atoms with E-state index in [-0.39, 0.29) is 24.2 Å². The number of carbonyl (C=O) groups is 2. The van der Waals surface area contributed by atoms with Crippen LogP contribution in [-0.2, 0) is 9.59 Å². The Morgan fingerprint density at radius 2 is 2.04 bits per heavy atom. The summed E-state index contributed by atoms with van der Waals surface area (Å²) in [6.45, 7) is 7.98. The second-order valence-corrected chi connectivity index (χ2v) is 5.90. The summed E-state index contributed by atoms with van der Waals surface area (Å²) in [5, 5.41) is 2.95. The Morgan fingerprint density at radius 1 is 1.33 bits per heavy atom. The highest BCUT2D eigenvalue weighted by atomic mass is 16.5. The SMILES string of the molecule is CCN(CC)CCNC(=O)[C@@H]1CC(=O)N(c2ccccc2OC)C1. The molecule has 132 valence electrons. The van der Waals surface area contributed by atoms with Gasteiger partial charge in [-0.2, -0.15) is 0 Å². The summed E-state index contributed by atoms with van der Waals surface area (Å²) < 4.78 is 5.32. The number of para-hydroxylation sites is 2. The maximum atomic E-state index is 12.3. The summed E-state index contributed by atoms with van der Waals surface area (Å²) in [6, 6.07) is 7.39. The summed E-state index contributed by atoms with van der Waals surface area (Å²) in [7, 11) is 1.58. The van der Waals surface area contributed by atoms with E-state index in [9.17, 15) is 9.59 Å². The number of carbonyl (C=O) groups excluding carboxylic acids is 2. The van der Waals surface area contributed by atoms with E-state index in [1.807, 2.05) is 24.3 Å². The molecule has 0 spiro atoms. The molecule has 0 aliphatic carbocycles. The molecule has 1 atom stereocenters. The number of hydrogen-bond donors (Lipinski definition) is 1. The first kappa shape index (κ1) is 18.3. The molecule has 0 radical (unpaired) electrons. The molecular formula is C18H27N3O3. The predicted molar refractivity (Wildman–Crippen MR) is 94.3 cm³/mol. The van der Waals surface area contributed by atoms with Crippen LogP contribution in [0.4, 0.5) is 5.69 Å². The number of methoxy groups -OCH3 is 1. The van der Waals surface area contributed by atoms with Gasteiger partial charge in [0.05, 0.1) is 18.7 Å². The minimum atomic E-state index is -0.306. The number of ether oxygens (including phenoxy) is 1. The van der Waals surface area contributed by atoms with E-state index in [0.29, 0.717) is 18.8 Å². The van der Waals surface area contributed by atoms with Gasteiger partial charge in [-0.05, 0) is 25.2 Å². The van der Waals surface area contributed by atoms with Gasteiger partial charge in [-0.1, -0.05) is 26.0 Å². The third-order valence-electron chi connectivity index (χ3n) is 4.49. The van der Waals surface area contributed by atoms with E-state index in [1.165, 1.54) is 0 Å². The molecule has 1 aliphatic heterocycles. The molecule has 0 aromatic heterocycles. The lowest BCUT2D eigenvalue weighted by Crippen LogP contribution is -2.38. The van der Waals surface area contributed by atoms with Gasteiger partial charge < -0.3 is 19.9 Å². The molecular weight excluding hydrogens is 306 g/mol. The van der Waals surface area contributed by atoms with Crippen LogP contribution in [0, 0.1) is 5.92 Å². The monoisotopic (exact) mass is 333 g/mol. The fourth-order valence-corrected chi connectivity index (χ4v) is 2.99. The maximum absolute atomic E-state index is 12.3. The van der Waals surface area contributed by atoms with Crippen molar-refractivity contribution in [3.63, 3.8) is 0 Å². The van der Waals surface area contributed by atoms with E-state index >= 15 is 0 Å². The number of amides is 2. The summed E-state index contributed by atoms with van der Waals surface area (Å²) >= 11 is 0. The Morgan fingerprint density at radius 3 is 2.71 bits per heavy atom. The normalized spacial score (nSPS) is 17.4. The standard InChI is InChI=1S/C18H27N3O3/c1-4-20(5-2)11-10-19-18(23)14-12-17(22)21(13-14)15-8-6-7-9-16(15)24-3/h6-9,14H,4-5,10-13H2,1-3H3,(H,19,23)/t14-/m1/s1. The minimum Gasteiger partial charge on any atom is -0.495 e. The lowest BCUT2D eigenvalue weighted by molar-refractivity contribution is -0.126. The number of hydrogen-bond acceptors (Lipinski definition) is 4. The number of benzene rings is 1. The Kier molecular flexibility index (Phi) is 6.61. The first-order chi connectivity index (χ1) is 11.6. The van der Waals surface area contributed by atoms with Gasteiger partial charge in [0.1, 0.15) is 5.75 Å². The van der Waals surface area contributed by atoms with Crippen molar-refractivity contribution in [1.82, 2.24) is 10.2 Å².